The van der Waals surface area contributed by atoms with Gasteiger partial charge in [0.05, 0.1) is 5.60 Å². The smallest absolute Gasteiger partial charge is 0.0598 e. The van der Waals surface area contributed by atoms with E-state index in [2.05, 4.69) is 32.7 Å². The molecule has 0 amide bonds. The average molecular weight is 203 g/mol. The maximum atomic E-state index is 8.64. The van der Waals surface area contributed by atoms with Crippen molar-refractivity contribution >= 4 is 0 Å². The molecule has 0 atom stereocenters. The molecule has 0 saturated heterocycles. The van der Waals surface area contributed by atoms with Gasteiger partial charge in [-0.15, -0.1) is 0 Å². The lowest BCUT2D eigenvalue weighted by Gasteiger charge is -2.21. The minimum atomic E-state index is -0.0241. The fourth-order valence-electron chi connectivity index (χ4n) is 1.17. The molecule has 86 valence electrons. The number of hydrogen-bond acceptors (Lipinski definition) is 3. The van der Waals surface area contributed by atoms with Gasteiger partial charge in [0.15, 0.2) is 0 Å². The first-order valence-corrected chi connectivity index (χ1v) is 5.39. The first-order valence-electron chi connectivity index (χ1n) is 5.39. The van der Waals surface area contributed by atoms with Gasteiger partial charge in [-0.25, -0.2) is 0 Å². The van der Waals surface area contributed by atoms with E-state index in [9.17, 15) is 0 Å². The van der Waals surface area contributed by atoms with Gasteiger partial charge in [0, 0.05) is 26.3 Å². The Morgan fingerprint density at radius 3 is 2.21 bits per heavy atom. The van der Waals surface area contributed by atoms with Gasteiger partial charge in [0.25, 0.3) is 0 Å². The molecule has 0 spiro atoms. The van der Waals surface area contributed by atoms with Crippen molar-refractivity contribution in [2.75, 3.05) is 33.4 Å². The van der Waals surface area contributed by atoms with E-state index < -0.39 is 0 Å². The van der Waals surface area contributed by atoms with Gasteiger partial charge in [0.2, 0.25) is 0 Å². The van der Waals surface area contributed by atoms with Crippen LogP contribution < -0.4 is 0 Å². The molecule has 0 aromatic heterocycles. The van der Waals surface area contributed by atoms with E-state index in [1.165, 1.54) is 0 Å². The molecule has 0 fully saturated rings. The van der Waals surface area contributed by atoms with Crippen LogP contribution in [0.5, 0.6) is 0 Å². The molecule has 0 aliphatic rings. The van der Waals surface area contributed by atoms with Crippen molar-refractivity contribution in [3.05, 3.63) is 0 Å². The van der Waals surface area contributed by atoms with E-state index >= 15 is 0 Å². The molecule has 0 aromatic carbocycles. The zero-order chi connectivity index (χ0) is 11.0. The molecule has 14 heavy (non-hydrogen) atoms. The monoisotopic (exact) mass is 203 g/mol. The van der Waals surface area contributed by atoms with E-state index in [1.807, 2.05) is 0 Å². The molecule has 3 heteroatoms. The van der Waals surface area contributed by atoms with Crippen LogP contribution in [-0.4, -0.2) is 49.0 Å². The summed E-state index contributed by atoms with van der Waals surface area (Å²) in [4.78, 5) is 2.22. The molecule has 3 nitrogen and oxygen atoms in total. The van der Waals surface area contributed by atoms with Gasteiger partial charge >= 0.3 is 0 Å². The van der Waals surface area contributed by atoms with E-state index in [4.69, 9.17) is 9.84 Å². The maximum absolute atomic E-state index is 8.64. The van der Waals surface area contributed by atoms with E-state index in [1.54, 1.807) is 0 Å². The van der Waals surface area contributed by atoms with Gasteiger partial charge < -0.3 is 14.7 Å². The van der Waals surface area contributed by atoms with Gasteiger partial charge in [-0.05, 0) is 40.7 Å². The van der Waals surface area contributed by atoms with Crippen molar-refractivity contribution in [3.63, 3.8) is 0 Å². The highest BCUT2D eigenvalue weighted by molar-refractivity contribution is 4.59. The number of aliphatic hydroxyl groups excluding tert-OH is 1. The molecule has 0 radical (unpaired) electrons. The average Bonchev–Trinajstić information content (AvgIpc) is 2.07. The summed E-state index contributed by atoms with van der Waals surface area (Å²) in [5, 5.41) is 8.64. The molecule has 0 heterocycles. The summed E-state index contributed by atoms with van der Waals surface area (Å²) in [5.74, 6) is 0. The highest BCUT2D eigenvalue weighted by Gasteiger charge is 2.09. The molecule has 0 aromatic rings. The summed E-state index contributed by atoms with van der Waals surface area (Å²) in [6.45, 7) is 9.31. The minimum absolute atomic E-state index is 0.0241. The van der Waals surface area contributed by atoms with Crippen LogP contribution >= 0.6 is 0 Å². The first-order chi connectivity index (χ1) is 6.45. The SMILES string of the molecule is CN(CCCO)CCCOC(C)(C)C. The van der Waals surface area contributed by atoms with Crippen LogP contribution in [0.2, 0.25) is 0 Å². The zero-order valence-corrected chi connectivity index (χ0v) is 10.0. The summed E-state index contributed by atoms with van der Waals surface area (Å²) < 4.78 is 5.61. The third-order valence-corrected chi connectivity index (χ3v) is 1.92. The number of ether oxygens (including phenoxy) is 1. The number of rotatable bonds is 7. The first kappa shape index (κ1) is 13.9. The van der Waals surface area contributed by atoms with Crippen LogP contribution in [0, 0.1) is 0 Å². The van der Waals surface area contributed by atoms with Crippen LogP contribution in [0.15, 0.2) is 0 Å². The van der Waals surface area contributed by atoms with Crippen LogP contribution in [0.3, 0.4) is 0 Å². The standard InChI is InChI=1S/C11H25NO2/c1-11(2,3)14-10-6-8-12(4)7-5-9-13/h13H,5-10H2,1-4H3. The Balaban J connectivity index is 3.27. The fourth-order valence-corrected chi connectivity index (χ4v) is 1.17. The Hall–Kier alpha value is -0.120. The van der Waals surface area contributed by atoms with Crippen molar-refractivity contribution in [1.82, 2.24) is 4.90 Å². The molecule has 0 aliphatic heterocycles. The molecule has 1 N–H and O–H groups in total. The minimum Gasteiger partial charge on any atom is -0.396 e. The largest absolute Gasteiger partial charge is 0.396 e. The lowest BCUT2D eigenvalue weighted by Crippen LogP contribution is -2.25. The van der Waals surface area contributed by atoms with Crippen molar-refractivity contribution < 1.29 is 9.84 Å². The Kier molecular flexibility index (Phi) is 7.15. The molecule has 0 bridgehead atoms. The predicted octanol–water partition coefficient (Wildman–Crippen LogP) is 1.51. The van der Waals surface area contributed by atoms with Crippen molar-refractivity contribution in [3.8, 4) is 0 Å². The van der Waals surface area contributed by atoms with E-state index in [0.29, 0.717) is 0 Å². The fraction of sp³-hybridized carbons (Fsp3) is 1.00. The number of aliphatic hydroxyl groups is 1. The second kappa shape index (κ2) is 7.21. The van der Waals surface area contributed by atoms with Gasteiger partial charge in [-0.1, -0.05) is 0 Å². The Labute approximate surface area is 88.1 Å². The number of nitrogens with zero attached hydrogens (tertiary/aromatic N) is 1. The van der Waals surface area contributed by atoms with Crippen molar-refractivity contribution in [1.29, 1.82) is 0 Å². The predicted molar refractivity (Wildman–Crippen MR) is 59.5 cm³/mol. The van der Waals surface area contributed by atoms with Crippen LogP contribution in [0.25, 0.3) is 0 Å². The van der Waals surface area contributed by atoms with Crippen LogP contribution in [-0.2, 0) is 4.74 Å². The molecule has 0 rings (SSSR count). The van der Waals surface area contributed by atoms with Gasteiger partial charge in [-0.2, -0.15) is 0 Å². The third kappa shape index (κ3) is 9.96. The number of hydrogen-bond donors (Lipinski definition) is 1. The lowest BCUT2D eigenvalue weighted by molar-refractivity contribution is -0.00635. The Bertz CT molecular complexity index is 132. The van der Waals surface area contributed by atoms with Crippen LogP contribution in [0.4, 0.5) is 0 Å². The molecular formula is C11H25NO2. The lowest BCUT2D eigenvalue weighted by atomic mass is 10.2. The molecule has 0 unspecified atom stereocenters. The highest BCUT2D eigenvalue weighted by atomic mass is 16.5. The van der Waals surface area contributed by atoms with E-state index in [-0.39, 0.29) is 12.2 Å². The van der Waals surface area contributed by atoms with Crippen molar-refractivity contribution in [2.24, 2.45) is 0 Å². The van der Waals surface area contributed by atoms with Gasteiger partial charge in [0.1, 0.15) is 0 Å². The highest BCUT2D eigenvalue weighted by Crippen LogP contribution is 2.06. The molecule has 0 saturated carbocycles. The Morgan fingerprint density at radius 1 is 1.14 bits per heavy atom. The maximum Gasteiger partial charge on any atom is 0.0598 e. The van der Waals surface area contributed by atoms with Crippen LogP contribution in [0.1, 0.15) is 33.6 Å². The summed E-state index contributed by atoms with van der Waals surface area (Å²) in [7, 11) is 2.08. The Morgan fingerprint density at radius 2 is 1.71 bits per heavy atom. The second-order valence-corrected chi connectivity index (χ2v) is 4.69. The molecule has 0 aliphatic carbocycles. The summed E-state index contributed by atoms with van der Waals surface area (Å²) >= 11 is 0. The summed E-state index contributed by atoms with van der Waals surface area (Å²) in [6, 6.07) is 0. The summed E-state index contributed by atoms with van der Waals surface area (Å²) in [5.41, 5.74) is -0.0241. The van der Waals surface area contributed by atoms with E-state index in [0.717, 1.165) is 32.5 Å². The molecular weight excluding hydrogens is 178 g/mol. The second-order valence-electron chi connectivity index (χ2n) is 4.69. The third-order valence-electron chi connectivity index (χ3n) is 1.92. The zero-order valence-electron chi connectivity index (χ0n) is 10.0. The summed E-state index contributed by atoms with van der Waals surface area (Å²) in [6.07, 6.45) is 1.91. The quantitative estimate of drug-likeness (QED) is 0.637. The van der Waals surface area contributed by atoms with Crippen molar-refractivity contribution in [2.45, 2.75) is 39.2 Å². The van der Waals surface area contributed by atoms with Gasteiger partial charge in [-0.3, -0.25) is 0 Å². The normalized spacial score (nSPS) is 12.4. The topological polar surface area (TPSA) is 32.7 Å².